The molecule has 11 nitrogen and oxygen atoms in total. The van der Waals surface area contributed by atoms with Gasteiger partial charge < -0.3 is 14.9 Å². The third-order valence-electron chi connectivity index (χ3n) is 3.32. The Balaban J connectivity index is 2.49. The number of ether oxygens (including phenoxy) is 1. The minimum Gasteiger partial charge on any atom is -0.480 e. The van der Waals surface area contributed by atoms with Gasteiger partial charge in [-0.25, -0.2) is 4.79 Å². The number of aliphatic carboxylic acids is 2. The lowest BCUT2D eigenvalue weighted by atomic mass is 10.3. The predicted octanol–water partition coefficient (Wildman–Crippen LogP) is -2.81. The second-order valence-corrected chi connectivity index (χ2v) is 5.28. The van der Waals surface area contributed by atoms with Crippen LogP contribution in [-0.4, -0.2) is 102 Å². The normalized spacial score (nSPS) is 16.2. The molecule has 25 heavy (non-hydrogen) atoms. The second-order valence-electron chi connectivity index (χ2n) is 5.28. The summed E-state index contributed by atoms with van der Waals surface area (Å²) in [5, 5.41) is 20.4. The fourth-order valence-electron chi connectivity index (χ4n) is 2.18. The van der Waals surface area contributed by atoms with Gasteiger partial charge in [0.15, 0.2) is 0 Å². The van der Waals surface area contributed by atoms with Gasteiger partial charge in [-0.1, -0.05) is 0 Å². The molecule has 1 fully saturated rings. The number of hydrogen-bond donors (Lipinski definition) is 3. The van der Waals surface area contributed by atoms with Gasteiger partial charge in [0, 0.05) is 32.3 Å². The van der Waals surface area contributed by atoms with Crippen molar-refractivity contribution in [2.24, 2.45) is 0 Å². The number of cyclic esters (lactones) is 2. The zero-order valence-electron chi connectivity index (χ0n) is 13.3. The Morgan fingerprint density at radius 1 is 1.28 bits per heavy atom. The summed E-state index contributed by atoms with van der Waals surface area (Å²) in [6, 6.07) is -1.21. The number of carbonyl (C=O) groups excluding carboxylic acids is 3. The Morgan fingerprint density at radius 2 is 1.92 bits per heavy atom. The Kier molecular flexibility index (Phi) is 8.44. The van der Waals surface area contributed by atoms with E-state index in [1.807, 2.05) is 0 Å². The Labute approximate surface area is 142 Å². The molecule has 0 bridgehead atoms. The lowest BCUT2D eigenvalue weighted by Gasteiger charge is -2.27. The minimum absolute atomic E-state index is 0.0594. The topological polar surface area (TPSA) is 154 Å². The van der Waals surface area contributed by atoms with Crippen LogP contribution in [0.5, 0.6) is 0 Å². The van der Waals surface area contributed by atoms with Crippen LogP contribution < -0.4 is 5.32 Å². The second kappa shape index (κ2) is 10.3. The molecule has 1 aliphatic heterocycles. The molecule has 0 aromatic rings. The molecule has 1 heterocycles. The van der Waals surface area contributed by atoms with E-state index >= 15 is 0 Å². The molecule has 1 aliphatic rings. The Bertz CT molecular complexity index is 554. The van der Waals surface area contributed by atoms with E-state index in [1.165, 1.54) is 15.7 Å². The number of hydrogen-bond acceptors (Lipinski definition) is 9. The van der Waals surface area contributed by atoms with Crippen LogP contribution in [0.2, 0.25) is 0 Å². The Hall–Kier alpha value is -2.59. The highest BCUT2D eigenvalue weighted by atomic mass is 16.6. The van der Waals surface area contributed by atoms with Gasteiger partial charge in [0.05, 0.1) is 19.6 Å². The quantitative estimate of drug-likeness (QED) is 0.199. The third-order valence-corrected chi connectivity index (χ3v) is 3.32. The van der Waals surface area contributed by atoms with E-state index in [1.54, 1.807) is 0 Å². The van der Waals surface area contributed by atoms with E-state index in [0.717, 1.165) is 6.08 Å². The molecular formula is C14H19N3O8. The van der Waals surface area contributed by atoms with E-state index < -0.39 is 29.9 Å². The number of rotatable bonds is 11. The molecule has 0 spiro atoms. The van der Waals surface area contributed by atoms with Gasteiger partial charge in [-0.05, 0) is 0 Å². The van der Waals surface area contributed by atoms with Crippen LogP contribution in [0.25, 0.3) is 0 Å². The van der Waals surface area contributed by atoms with Crippen LogP contribution in [0, 0.1) is 0 Å². The molecule has 1 atom stereocenters. The maximum Gasteiger partial charge on any atom is 0.327 e. The Morgan fingerprint density at radius 3 is 2.44 bits per heavy atom. The predicted molar refractivity (Wildman–Crippen MR) is 81.3 cm³/mol. The first-order valence-electron chi connectivity index (χ1n) is 7.39. The van der Waals surface area contributed by atoms with Gasteiger partial charge in [-0.15, -0.1) is 0 Å². The zero-order chi connectivity index (χ0) is 18.8. The van der Waals surface area contributed by atoms with Crippen LogP contribution in [0.4, 0.5) is 0 Å². The fourth-order valence-corrected chi connectivity index (χ4v) is 2.18. The molecule has 0 aromatic carbocycles. The summed E-state index contributed by atoms with van der Waals surface area (Å²) < 4.78 is 4.40. The van der Waals surface area contributed by atoms with Crippen molar-refractivity contribution in [3.63, 3.8) is 0 Å². The number of morpholine rings is 1. The summed E-state index contributed by atoms with van der Waals surface area (Å²) in [5.41, 5.74) is 0. The highest BCUT2D eigenvalue weighted by Crippen LogP contribution is 2.00. The van der Waals surface area contributed by atoms with Crippen molar-refractivity contribution in [3.8, 4) is 0 Å². The number of carboxylic acid groups (broad SMARTS) is 2. The number of carbonyl (C=O) groups is 4. The summed E-state index contributed by atoms with van der Waals surface area (Å²) in [6.45, 7) is 0.403. The molecular weight excluding hydrogens is 338 g/mol. The zero-order valence-corrected chi connectivity index (χ0v) is 13.3. The van der Waals surface area contributed by atoms with E-state index in [0.29, 0.717) is 0 Å². The van der Waals surface area contributed by atoms with Crippen LogP contribution in [0.1, 0.15) is 0 Å². The minimum atomic E-state index is -1.25. The van der Waals surface area contributed by atoms with E-state index in [2.05, 4.69) is 10.1 Å². The number of esters is 2. The summed E-state index contributed by atoms with van der Waals surface area (Å²) >= 11 is 0. The molecule has 0 amide bonds. The standard InChI is InChI=1S/C14H19N3O8/c18-6-1-10(14(23)24)15-2-3-16(7-11(19)20)4-5-17-8-12(21)25-13(22)9-17/h1,10,15H,2-5,7-9H2,(H,19,20)(H,23,24). The van der Waals surface area contributed by atoms with Crippen molar-refractivity contribution < 1.29 is 38.9 Å². The highest BCUT2D eigenvalue weighted by molar-refractivity contribution is 5.90. The average Bonchev–Trinajstić information content (AvgIpc) is 2.50. The largest absolute Gasteiger partial charge is 0.480 e. The molecule has 3 N–H and O–H groups in total. The molecule has 138 valence electrons. The number of nitrogens with zero attached hydrogens (tertiary/aromatic N) is 2. The summed E-state index contributed by atoms with van der Waals surface area (Å²) in [5.74, 6) is -2.26. The lowest BCUT2D eigenvalue weighted by Crippen LogP contribution is -2.48. The lowest BCUT2D eigenvalue weighted by molar-refractivity contribution is -0.167. The third kappa shape index (κ3) is 8.18. The van der Waals surface area contributed by atoms with Crippen molar-refractivity contribution in [1.82, 2.24) is 15.1 Å². The average molecular weight is 357 g/mol. The fraction of sp³-hybridized carbons (Fsp3) is 0.571. The van der Waals surface area contributed by atoms with Gasteiger partial charge in [0.2, 0.25) is 0 Å². The molecule has 0 saturated carbocycles. The smallest absolute Gasteiger partial charge is 0.327 e. The first kappa shape index (κ1) is 20.5. The van der Waals surface area contributed by atoms with Crippen molar-refractivity contribution >= 4 is 29.8 Å². The van der Waals surface area contributed by atoms with E-state index in [-0.39, 0.29) is 45.8 Å². The highest BCUT2D eigenvalue weighted by Gasteiger charge is 2.25. The van der Waals surface area contributed by atoms with Crippen LogP contribution >= 0.6 is 0 Å². The maximum absolute atomic E-state index is 11.2. The SMILES string of the molecule is O=C=CC(NCCN(CCN1CC(=O)OC(=O)C1)CC(=O)O)C(=O)O. The van der Waals surface area contributed by atoms with Gasteiger partial charge in [-0.2, -0.15) is 0 Å². The van der Waals surface area contributed by atoms with Gasteiger partial charge in [0.1, 0.15) is 12.0 Å². The monoisotopic (exact) mass is 357 g/mol. The van der Waals surface area contributed by atoms with Gasteiger partial charge in [0.25, 0.3) is 0 Å². The first-order chi connectivity index (χ1) is 11.8. The van der Waals surface area contributed by atoms with Crippen LogP contribution in [0.3, 0.4) is 0 Å². The van der Waals surface area contributed by atoms with Crippen LogP contribution in [0.15, 0.2) is 6.08 Å². The van der Waals surface area contributed by atoms with Crippen LogP contribution in [-0.2, 0) is 28.7 Å². The molecule has 1 saturated heterocycles. The number of carboxylic acids is 2. The van der Waals surface area contributed by atoms with Crippen molar-refractivity contribution in [1.29, 1.82) is 0 Å². The molecule has 0 aliphatic carbocycles. The van der Waals surface area contributed by atoms with Crippen molar-refractivity contribution in [3.05, 3.63) is 6.08 Å². The molecule has 0 aromatic heterocycles. The molecule has 1 rings (SSSR count). The maximum atomic E-state index is 11.2. The number of nitrogens with one attached hydrogen (secondary N) is 1. The van der Waals surface area contributed by atoms with Crippen molar-refractivity contribution in [2.45, 2.75) is 6.04 Å². The first-order valence-corrected chi connectivity index (χ1v) is 7.39. The summed E-state index contributed by atoms with van der Waals surface area (Å²) in [4.78, 5) is 57.5. The van der Waals surface area contributed by atoms with E-state index in [9.17, 15) is 24.0 Å². The summed E-state index contributed by atoms with van der Waals surface area (Å²) in [6.07, 6.45) is 0.814. The van der Waals surface area contributed by atoms with Gasteiger partial charge >= 0.3 is 23.9 Å². The van der Waals surface area contributed by atoms with Gasteiger partial charge in [-0.3, -0.25) is 34.3 Å². The molecule has 11 heteroatoms. The van der Waals surface area contributed by atoms with Crippen molar-refractivity contribution in [2.75, 3.05) is 45.8 Å². The molecule has 0 radical (unpaired) electrons. The summed E-state index contributed by atoms with van der Waals surface area (Å²) in [7, 11) is 0. The molecule has 1 unspecified atom stereocenters. The van der Waals surface area contributed by atoms with E-state index in [4.69, 9.17) is 10.2 Å².